The topological polar surface area (TPSA) is 117 Å². The lowest BCUT2D eigenvalue weighted by atomic mass is 9.99. The van der Waals surface area contributed by atoms with Gasteiger partial charge in [0.1, 0.15) is 11.8 Å². The van der Waals surface area contributed by atoms with Crippen molar-refractivity contribution in [1.29, 1.82) is 0 Å². The van der Waals surface area contributed by atoms with Crippen LogP contribution in [0.3, 0.4) is 0 Å². The number of aromatic nitrogens is 3. The molecular formula is C23H21N5O4. The summed E-state index contributed by atoms with van der Waals surface area (Å²) in [4.78, 5) is 38.2. The normalized spacial score (nSPS) is 18.1. The van der Waals surface area contributed by atoms with Gasteiger partial charge in [0.15, 0.2) is 0 Å². The standard InChI is InChI=1S/C23H21N5O4/c29-17-5-2-4-16(11-17)28-12-15(25-26-28)8-7-14-3-1-6-18-19(14)13-27(23(18)32)20-9-10-21(30)24-22(20)31/h1-6,11-12,20,29H,7-10,13H2,(H,24,30,31). The molecule has 2 aromatic carbocycles. The van der Waals surface area contributed by atoms with E-state index >= 15 is 0 Å². The average molecular weight is 431 g/mol. The van der Waals surface area contributed by atoms with Crippen molar-refractivity contribution < 1.29 is 19.5 Å². The van der Waals surface area contributed by atoms with Crippen molar-refractivity contribution in [3.05, 3.63) is 71.0 Å². The highest BCUT2D eigenvalue weighted by molar-refractivity contribution is 6.05. The van der Waals surface area contributed by atoms with Crippen LogP contribution in [0.4, 0.5) is 0 Å². The number of amides is 3. The molecule has 0 radical (unpaired) electrons. The molecule has 2 N–H and O–H groups in total. The van der Waals surface area contributed by atoms with E-state index in [0.29, 0.717) is 31.4 Å². The quantitative estimate of drug-likeness (QED) is 0.592. The lowest BCUT2D eigenvalue weighted by molar-refractivity contribution is -0.136. The Bertz CT molecular complexity index is 1230. The summed E-state index contributed by atoms with van der Waals surface area (Å²) in [5.74, 6) is -0.724. The Kier molecular flexibility index (Phi) is 4.93. The molecule has 32 heavy (non-hydrogen) atoms. The summed E-state index contributed by atoms with van der Waals surface area (Å²) >= 11 is 0. The number of carbonyl (C=O) groups excluding carboxylic acids is 3. The first-order valence-electron chi connectivity index (χ1n) is 10.5. The van der Waals surface area contributed by atoms with Gasteiger partial charge < -0.3 is 10.0 Å². The second kappa shape index (κ2) is 7.92. The maximum Gasteiger partial charge on any atom is 0.255 e. The predicted molar refractivity (Wildman–Crippen MR) is 113 cm³/mol. The van der Waals surface area contributed by atoms with Gasteiger partial charge in [-0.25, -0.2) is 4.68 Å². The molecule has 1 saturated heterocycles. The lowest BCUT2D eigenvalue weighted by Gasteiger charge is -2.29. The van der Waals surface area contributed by atoms with Crippen molar-refractivity contribution in [2.45, 2.75) is 38.3 Å². The lowest BCUT2D eigenvalue weighted by Crippen LogP contribution is -2.52. The van der Waals surface area contributed by atoms with E-state index in [9.17, 15) is 19.5 Å². The molecular weight excluding hydrogens is 410 g/mol. The number of phenols is 1. The fourth-order valence-corrected chi connectivity index (χ4v) is 4.32. The van der Waals surface area contributed by atoms with Gasteiger partial charge in [-0.2, -0.15) is 0 Å². The van der Waals surface area contributed by atoms with Gasteiger partial charge in [0.25, 0.3) is 5.91 Å². The number of aromatic hydroxyl groups is 1. The van der Waals surface area contributed by atoms with Crippen LogP contribution in [-0.4, -0.2) is 48.8 Å². The molecule has 0 bridgehead atoms. The molecule has 1 atom stereocenters. The summed E-state index contributed by atoms with van der Waals surface area (Å²) in [6.07, 6.45) is 3.69. The van der Waals surface area contributed by atoms with Gasteiger partial charge in [0.2, 0.25) is 11.8 Å². The number of carbonyl (C=O) groups is 3. The second-order valence-electron chi connectivity index (χ2n) is 8.02. The fourth-order valence-electron chi connectivity index (χ4n) is 4.32. The van der Waals surface area contributed by atoms with Gasteiger partial charge in [0, 0.05) is 24.6 Å². The molecule has 1 aromatic heterocycles. The second-order valence-corrected chi connectivity index (χ2v) is 8.02. The van der Waals surface area contributed by atoms with Crippen molar-refractivity contribution in [2.75, 3.05) is 0 Å². The summed E-state index contributed by atoms with van der Waals surface area (Å²) in [7, 11) is 0. The van der Waals surface area contributed by atoms with Crippen LogP contribution < -0.4 is 5.32 Å². The molecule has 5 rings (SSSR count). The zero-order valence-corrected chi connectivity index (χ0v) is 17.2. The number of hydrogen-bond donors (Lipinski definition) is 2. The molecule has 3 heterocycles. The maximum atomic E-state index is 13.0. The van der Waals surface area contributed by atoms with Crippen LogP contribution in [-0.2, 0) is 29.0 Å². The molecule has 0 aliphatic carbocycles. The Morgan fingerprint density at radius 1 is 1.09 bits per heavy atom. The van der Waals surface area contributed by atoms with Crippen molar-refractivity contribution in [3.8, 4) is 11.4 Å². The van der Waals surface area contributed by atoms with E-state index in [1.54, 1.807) is 33.8 Å². The number of piperidine rings is 1. The van der Waals surface area contributed by atoms with Gasteiger partial charge in [-0.1, -0.05) is 23.4 Å². The Morgan fingerprint density at radius 2 is 1.94 bits per heavy atom. The van der Waals surface area contributed by atoms with Crippen LogP contribution in [0.25, 0.3) is 5.69 Å². The number of nitrogens with one attached hydrogen (secondary N) is 1. The third-order valence-corrected chi connectivity index (χ3v) is 5.96. The molecule has 9 nitrogen and oxygen atoms in total. The predicted octanol–water partition coefficient (Wildman–Crippen LogP) is 1.52. The van der Waals surface area contributed by atoms with E-state index in [-0.39, 0.29) is 24.0 Å². The molecule has 162 valence electrons. The molecule has 2 aliphatic rings. The smallest absolute Gasteiger partial charge is 0.255 e. The number of nitrogens with zero attached hydrogens (tertiary/aromatic N) is 4. The highest BCUT2D eigenvalue weighted by atomic mass is 16.3. The third-order valence-electron chi connectivity index (χ3n) is 5.96. The van der Waals surface area contributed by atoms with Gasteiger partial charge >= 0.3 is 0 Å². The number of aryl methyl sites for hydroxylation is 2. The first-order chi connectivity index (χ1) is 15.5. The van der Waals surface area contributed by atoms with E-state index < -0.39 is 11.9 Å². The Labute approximate surface area is 183 Å². The van der Waals surface area contributed by atoms with Crippen LogP contribution in [0.15, 0.2) is 48.7 Å². The SMILES string of the molecule is O=C1CCC(N2Cc3c(CCc4cn(-c5cccc(O)c5)nn4)cccc3C2=O)C(=O)N1. The molecule has 3 aromatic rings. The summed E-state index contributed by atoms with van der Waals surface area (Å²) < 4.78 is 1.61. The first kappa shape index (κ1) is 19.9. The fraction of sp³-hybridized carbons (Fsp3) is 0.261. The monoisotopic (exact) mass is 431 g/mol. The van der Waals surface area contributed by atoms with E-state index in [2.05, 4.69) is 15.6 Å². The molecule has 2 aliphatic heterocycles. The largest absolute Gasteiger partial charge is 0.508 e. The molecule has 9 heteroatoms. The summed E-state index contributed by atoms with van der Waals surface area (Å²) in [6.45, 7) is 0.354. The average Bonchev–Trinajstić information content (AvgIpc) is 3.38. The number of rotatable bonds is 5. The highest BCUT2D eigenvalue weighted by Crippen LogP contribution is 2.30. The minimum absolute atomic E-state index is 0.157. The Morgan fingerprint density at radius 3 is 2.75 bits per heavy atom. The molecule has 0 saturated carbocycles. The van der Waals surface area contributed by atoms with Crippen LogP contribution in [0.2, 0.25) is 0 Å². The van der Waals surface area contributed by atoms with Crippen LogP contribution in [0.5, 0.6) is 5.75 Å². The van der Waals surface area contributed by atoms with Crippen molar-refractivity contribution in [1.82, 2.24) is 25.2 Å². The van der Waals surface area contributed by atoms with Crippen LogP contribution in [0.1, 0.15) is 40.0 Å². The summed E-state index contributed by atoms with van der Waals surface area (Å²) in [5, 5.41) is 20.3. The zero-order chi connectivity index (χ0) is 22.2. The van der Waals surface area contributed by atoms with E-state index in [4.69, 9.17) is 0 Å². The number of phenolic OH excluding ortho intramolecular Hbond substituents is 1. The molecule has 3 amide bonds. The van der Waals surface area contributed by atoms with Gasteiger partial charge in [-0.05, 0) is 48.6 Å². The van der Waals surface area contributed by atoms with Crippen molar-refractivity contribution >= 4 is 17.7 Å². The first-order valence-corrected chi connectivity index (χ1v) is 10.5. The number of benzene rings is 2. The van der Waals surface area contributed by atoms with Crippen molar-refractivity contribution in [3.63, 3.8) is 0 Å². The van der Waals surface area contributed by atoms with Crippen molar-refractivity contribution in [2.24, 2.45) is 0 Å². The molecule has 1 fully saturated rings. The number of fused-ring (bicyclic) bond motifs is 1. The van der Waals surface area contributed by atoms with Gasteiger partial charge in [-0.15, -0.1) is 5.10 Å². The number of hydrogen-bond acceptors (Lipinski definition) is 6. The molecule has 1 unspecified atom stereocenters. The number of imide groups is 1. The third kappa shape index (κ3) is 3.62. The van der Waals surface area contributed by atoms with Gasteiger partial charge in [-0.3, -0.25) is 19.7 Å². The Balaban J connectivity index is 1.31. The van der Waals surface area contributed by atoms with E-state index in [1.807, 2.05) is 24.4 Å². The highest BCUT2D eigenvalue weighted by Gasteiger charge is 2.39. The summed E-state index contributed by atoms with van der Waals surface area (Å²) in [5.41, 5.74) is 4.06. The van der Waals surface area contributed by atoms with Crippen LogP contribution >= 0.6 is 0 Å². The minimum atomic E-state index is -0.623. The molecule has 0 spiro atoms. The van der Waals surface area contributed by atoms with Crippen LogP contribution in [0, 0.1) is 0 Å². The maximum absolute atomic E-state index is 13.0. The zero-order valence-electron chi connectivity index (χ0n) is 17.2. The van der Waals surface area contributed by atoms with E-state index in [1.165, 1.54) is 0 Å². The summed E-state index contributed by atoms with van der Waals surface area (Å²) in [6, 6.07) is 11.8. The van der Waals surface area contributed by atoms with E-state index in [0.717, 1.165) is 22.5 Å². The minimum Gasteiger partial charge on any atom is -0.508 e. The Hall–Kier alpha value is -4.01. The van der Waals surface area contributed by atoms with Gasteiger partial charge in [0.05, 0.1) is 17.6 Å².